The van der Waals surface area contributed by atoms with E-state index in [-0.39, 0.29) is 11.7 Å². The van der Waals surface area contributed by atoms with E-state index in [1.807, 2.05) is 31.1 Å². The monoisotopic (exact) mass is 542 g/mol. The summed E-state index contributed by atoms with van der Waals surface area (Å²) in [4.78, 5) is 29.4. The summed E-state index contributed by atoms with van der Waals surface area (Å²) < 4.78 is 0. The van der Waals surface area contributed by atoms with Gasteiger partial charge in [-0.2, -0.15) is 5.26 Å². The third-order valence-corrected chi connectivity index (χ3v) is 8.89. The summed E-state index contributed by atoms with van der Waals surface area (Å²) in [7, 11) is 4.14. The number of likely N-dealkylation sites (tertiary alicyclic amines) is 1. The van der Waals surface area contributed by atoms with Crippen molar-refractivity contribution in [1.82, 2.24) is 30.1 Å². The van der Waals surface area contributed by atoms with Gasteiger partial charge in [-0.15, -0.1) is 0 Å². The molecule has 0 spiro atoms. The first-order valence-corrected chi connectivity index (χ1v) is 15.0. The summed E-state index contributed by atoms with van der Waals surface area (Å²) in [6.45, 7) is 9.77. The van der Waals surface area contributed by atoms with E-state index in [4.69, 9.17) is 0 Å². The molecular weight excluding hydrogens is 499 g/mol. The van der Waals surface area contributed by atoms with E-state index in [1.165, 1.54) is 50.9 Å². The van der Waals surface area contributed by atoms with Crippen molar-refractivity contribution in [2.24, 2.45) is 11.8 Å². The third kappa shape index (κ3) is 7.59. The number of benzene rings is 1. The van der Waals surface area contributed by atoms with Crippen LogP contribution in [0.2, 0.25) is 0 Å². The highest BCUT2D eigenvalue weighted by molar-refractivity contribution is 6.35. The topological polar surface area (TPSA) is 91.6 Å². The molecule has 0 radical (unpaired) electrons. The van der Waals surface area contributed by atoms with Crippen LogP contribution in [0.15, 0.2) is 30.5 Å². The zero-order valence-electron chi connectivity index (χ0n) is 24.2. The minimum absolute atomic E-state index is 0.110. The Morgan fingerprint density at radius 3 is 2.38 bits per heavy atom. The van der Waals surface area contributed by atoms with Gasteiger partial charge in [0.2, 0.25) is 5.82 Å². The number of nitrogens with zero attached hydrogens (tertiary/aromatic N) is 7. The van der Waals surface area contributed by atoms with E-state index < -0.39 is 0 Å². The summed E-state index contributed by atoms with van der Waals surface area (Å²) in [5.41, 5.74) is 5.77. The van der Waals surface area contributed by atoms with Crippen molar-refractivity contribution in [3.05, 3.63) is 47.4 Å². The Kier molecular flexibility index (Phi) is 9.68. The molecule has 2 aliphatic heterocycles. The predicted octanol–water partition coefficient (Wildman–Crippen LogP) is 1.41. The largest absolute Gasteiger partial charge is 0.306 e. The molecule has 40 heavy (non-hydrogen) atoms. The van der Waals surface area contributed by atoms with Crippen LogP contribution in [0.1, 0.15) is 60.3 Å². The highest BCUT2D eigenvalue weighted by atomic mass is 16.2. The lowest BCUT2D eigenvalue weighted by molar-refractivity contribution is 0.0946. The standard InChI is InChI=1S/C30H43BN8O/c1-36-12-10-25(11-13-36)21-38-16-14-37(15-17-38)20-24-6-8-26(9-7-24)30(40)35-39(22-23-4-2-3-5-23)29-27(31)19-33-28(18-32)34-29/h6-9,19,23,25H,2-5,10-17,20-22,31H2,1H3,(H,35,40). The fourth-order valence-corrected chi connectivity index (χ4v) is 6.34. The van der Waals surface area contributed by atoms with Crippen molar-refractivity contribution >= 4 is 25.0 Å². The van der Waals surface area contributed by atoms with Crippen LogP contribution >= 0.6 is 0 Å². The van der Waals surface area contributed by atoms with E-state index >= 15 is 0 Å². The summed E-state index contributed by atoms with van der Waals surface area (Å²) >= 11 is 0. The van der Waals surface area contributed by atoms with Gasteiger partial charge in [-0.25, -0.2) is 9.97 Å². The predicted molar refractivity (Wildman–Crippen MR) is 160 cm³/mol. The zero-order chi connectivity index (χ0) is 27.9. The first-order chi connectivity index (χ1) is 19.5. The Morgan fingerprint density at radius 2 is 1.70 bits per heavy atom. The number of anilines is 1. The van der Waals surface area contributed by atoms with Gasteiger partial charge in [0.15, 0.2) is 0 Å². The van der Waals surface area contributed by atoms with E-state index in [2.05, 4.69) is 49.3 Å². The Bertz CT molecular complexity index is 1160. The molecular formula is C30H43BN8O. The molecule has 9 nitrogen and oxygen atoms in total. The van der Waals surface area contributed by atoms with Crippen LogP contribution in [0.4, 0.5) is 5.82 Å². The van der Waals surface area contributed by atoms with Crippen LogP contribution in [-0.4, -0.2) is 97.8 Å². The number of amides is 1. The lowest BCUT2D eigenvalue weighted by atomic mass is 9.96. The molecule has 3 fully saturated rings. The maximum Gasteiger partial charge on any atom is 0.269 e. The maximum absolute atomic E-state index is 13.3. The van der Waals surface area contributed by atoms with Crippen molar-refractivity contribution in [2.45, 2.75) is 45.1 Å². The number of nitriles is 1. The molecule has 1 amide bonds. The second-order valence-electron chi connectivity index (χ2n) is 12.0. The summed E-state index contributed by atoms with van der Waals surface area (Å²) in [5.74, 6) is 1.88. The van der Waals surface area contributed by atoms with Crippen LogP contribution < -0.4 is 15.9 Å². The van der Waals surface area contributed by atoms with Crippen LogP contribution in [0, 0.1) is 23.2 Å². The molecule has 0 bridgehead atoms. The molecule has 2 saturated heterocycles. The van der Waals surface area contributed by atoms with Gasteiger partial charge in [-0.05, 0) is 80.8 Å². The first kappa shape index (κ1) is 28.5. The Balaban J connectivity index is 1.15. The average Bonchev–Trinajstić information content (AvgIpc) is 3.49. The minimum atomic E-state index is -0.163. The van der Waals surface area contributed by atoms with Gasteiger partial charge in [-0.1, -0.05) is 25.0 Å². The Morgan fingerprint density at radius 1 is 1.02 bits per heavy atom. The average molecular weight is 543 g/mol. The third-order valence-electron chi connectivity index (χ3n) is 8.89. The summed E-state index contributed by atoms with van der Waals surface area (Å²) in [6, 6.07) is 10.0. The zero-order valence-corrected chi connectivity index (χ0v) is 24.2. The molecule has 212 valence electrons. The van der Waals surface area contributed by atoms with Gasteiger partial charge in [-0.3, -0.25) is 20.1 Å². The molecule has 0 atom stereocenters. The molecule has 3 aliphatic rings. The molecule has 10 heteroatoms. The van der Waals surface area contributed by atoms with E-state index in [1.54, 1.807) is 6.20 Å². The molecule has 1 N–H and O–H groups in total. The molecule has 1 aromatic carbocycles. The smallest absolute Gasteiger partial charge is 0.269 e. The fraction of sp³-hybridized carbons (Fsp3) is 0.600. The molecule has 1 saturated carbocycles. The second kappa shape index (κ2) is 13.6. The number of piperazine rings is 1. The summed E-state index contributed by atoms with van der Waals surface area (Å²) in [5, 5.41) is 11.2. The second-order valence-corrected chi connectivity index (χ2v) is 12.0. The number of carbonyl (C=O) groups excluding carboxylic acids is 1. The molecule has 3 heterocycles. The van der Waals surface area contributed by atoms with Gasteiger partial charge in [0.25, 0.3) is 5.91 Å². The minimum Gasteiger partial charge on any atom is -0.306 e. The fourth-order valence-electron chi connectivity index (χ4n) is 6.34. The van der Waals surface area contributed by atoms with Gasteiger partial charge in [0.05, 0.1) is 0 Å². The van der Waals surface area contributed by atoms with E-state index in [0.29, 0.717) is 23.8 Å². The molecule has 5 rings (SSSR count). The van der Waals surface area contributed by atoms with Crippen LogP contribution in [0.5, 0.6) is 0 Å². The number of carbonyl (C=O) groups is 1. The highest BCUT2D eigenvalue weighted by Crippen LogP contribution is 2.26. The molecule has 1 aliphatic carbocycles. The lowest BCUT2D eigenvalue weighted by Gasteiger charge is -2.38. The summed E-state index contributed by atoms with van der Waals surface area (Å²) in [6.07, 6.45) is 9.02. The molecule has 2 aromatic rings. The number of nitrogens with one attached hydrogen (secondary N) is 1. The van der Waals surface area contributed by atoms with Crippen molar-refractivity contribution in [3.8, 4) is 6.07 Å². The highest BCUT2D eigenvalue weighted by Gasteiger charge is 2.24. The van der Waals surface area contributed by atoms with Gasteiger partial charge < -0.3 is 9.80 Å². The SMILES string of the molecule is Bc1cnc(C#N)nc1N(CC1CCCC1)NC(=O)c1ccc(CN2CCN(CC3CCN(C)CC3)CC2)cc1. The van der Waals surface area contributed by atoms with E-state index in [0.717, 1.165) is 56.9 Å². The number of hydrogen-bond acceptors (Lipinski definition) is 8. The number of hydrogen-bond donors (Lipinski definition) is 1. The number of aromatic nitrogens is 2. The van der Waals surface area contributed by atoms with Crippen molar-refractivity contribution in [1.29, 1.82) is 5.26 Å². The van der Waals surface area contributed by atoms with Gasteiger partial charge in [0.1, 0.15) is 19.7 Å². The maximum atomic E-state index is 13.3. The number of rotatable bonds is 9. The van der Waals surface area contributed by atoms with Gasteiger partial charge >= 0.3 is 0 Å². The molecule has 0 unspecified atom stereocenters. The quantitative estimate of drug-likeness (QED) is 0.376. The van der Waals surface area contributed by atoms with Crippen LogP contribution in [0.3, 0.4) is 0 Å². The van der Waals surface area contributed by atoms with Crippen LogP contribution in [0.25, 0.3) is 0 Å². The van der Waals surface area contributed by atoms with E-state index in [9.17, 15) is 10.1 Å². The van der Waals surface area contributed by atoms with Crippen molar-refractivity contribution < 1.29 is 4.79 Å². The van der Waals surface area contributed by atoms with Crippen LogP contribution in [-0.2, 0) is 6.54 Å². The Hall–Kier alpha value is -3.00. The number of hydrazine groups is 1. The Labute approximate surface area is 239 Å². The number of piperidine rings is 1. The lowest BCUT2D eigenvalue weighted by Crippen LogP contribution is -2.48. The van der Waals surface area contributed by atoms with Crippen molar-refractivity contribution in [2.75, 3.05) is 64.4 Å². The van der Waals surface area contributed by atoms with Crippen molar-refractivity contribution in [3.63, 3.8) is 0 Å². The first-order valence-electron chi connectivity index (χ1n) is 15.0. The van der Waals surface area contributed by atoms with Gasteiger partial charge in [0, 0.05) is 57.6 Å². The molecule has 1 aromatic heterocycles. The normalized spacial score (nSPS) is 19.9.